The first-order chi connectivity index (χ1) is 9.75. The summed E-state index contributed by atoms with van der Waals surface area (Å²) >= 11 is 0. The lowest BCUT2D eigenvalue weighted by atomic mass is 10.0. The van der Waals surface area contributed by atoms with E-state index in [2.05, 4.69) is 5.16 Å². The van der Waals surface area contributed by atoms with E-state index in [1.807, 2.05) is 19.1 Å². The minimum atomic E-state index is -3.31. The van der Waals surface area contributed by atoms with E-state index in [0.29, 0.717) is 22.6 Å². The van der Waals surface area contributed by atoms with Gasteiger partial charge in [-0.3, -0.25) is 0 Å². The third kappa shape index (κ3) is 2.87. The number of nitrogens with zero attached hydrogens (tertiary/aromatic N) is 1. The number of aryl methyl sites for hydroxylation is 1. The number of ether oxygens (including phenoxy) is 1. The van der Waals surface area contributed by atoms with Crippen LogP contribution in [0.15, 0.2) is 22.7 Å². The summed E-state index contributed by atoms with van der Waals surface area (Å²) in [7, 11) is -1.73. The van der Waals surface area contributed by atoms with Gasteiger partial charge in [-0.15, -0.1) is 0 Å². The van der Waals surface area contributed by atoms with E-state index in [0.717, 1.165) is 11.8 Å². The number of sulfone groups is 1. The Morgan fingerprint density at radius 3 is 2.62 bits per heavy atom. The molecule has 0 aliphatic carbocycles. The molecule has 2 N–H and O–H groups in total. The van der Waals surface area contributed by atoms with Crippen molar-refractivity contribution in [1.29, 1.82) is 0 Å². The van der Waals surface area contributed by atoms with E-state index in [9.17, 15) is 8.42 Å². The third-order valence-electron chi connectivity index (χ3n) is 3.47. The summed E-state index contributed by atoms with van der Waals surface area (Å²) in [6, 6.07) is 5.49. The Bertz CT molecular complexity index is 765. The topological polar surface area (TPSA) is 95.4 Å². The summed E-state index contributed by atoms with van der Waals surface area (Å²) in [5.41, 5.74) is 8.29. The average Bonchev–Trinajstić information content (AvgIpc) is 2.79. The molecule has 0 aliphatic rings. The van der Waals surface area contributed by atoms with Gasteiger partial charge >= 0.3 is 0 Å². The van der Waals surface area contributed by atoms with Crippen LogP contribution in [-0.4, -0.2) is 26.9 Å². The lowest BCUT2D eigenvalue weighted by Gasteiger charge is -2.10. The van der Waals surface area contributed by atoms with Gasteiger partial charge in [0.2, 0.25) is 5.88 Å². The number of rotatable bonds is 4. The number of anilines is 1. The predicted molar refractivity (Wildman–Crippen MR) is 80.9 cm³/mol. The average molecular weight is 310 g/mol. The Morgan fingerprint density at radius 1 is 1.38 bits per heavy atom. The minimum absolute atomic E-state index is 0.0893. The molecule has 21 heavy (non-hydrogen) atoms. The molecule has 0 aliphatic heterocycles. The second-order valence-electron chi connectivity index (χ2n) is 4.96. The number of methoxy groups -OCH3 is 1. The van der Waals surface area contributed by atoms with Gasteiger partial charge in [-0.05, 0) is 31.0 Å². The van der Waals surface area contributed by atoms with Crippen LogP contribution < -0.4 is 10.5 Å². The summed E-state index contributed by atoms with van der Waals surface area (Å²) in [6.45, 7) is 3.47. The first kappa shape index (κ1) is 15.4. The number of benzene rings is 1. The molecule has 0 fully saturated rings. The molecular weight excluding hydrogens is 292 g/mol. The number of nitrogen functional groups attached to an aromatic ring is 1. The molecule has 0 saturated heterocycles. The summed E-state index contributed by atoms with van der Waals surface area (Å²) < 4.78 is 33.8. The van der Waals surface area contributed by atoms with Crippen LogP contribution >= 0.6 is 0 Å². The van der Waals surface area contributed by atoms with E-state index in [1.54, 1.807) is 20.1 Å². The lowest BCUT2D eigenvalue weighted by Crippen LogP contribution is -2.09. The van der Waals surface area contributed by atoms with E-state index in [-0.39, 0.29) is 5.88 Å². The van der Waals surface area contributed by atoms with Crippen molar-refractivity contribution in [3.05, 3.63) is 29.5 Å². The van der Waals surface area contributed by atoms with Crippen LogP contribution in [0.3, 0.4) is 0 Å². The van der Waals surface area contributed by atoms with Crippen molar-refractivity contribution in [1.82, 2.24) is 5.16 Å². The maximum absolute atomic E-state index is 11.8. The first-order valence-corrected chi connectivity index (χ1v) is 8.30. The Kier molecular flexibility index (Phi) is 3.95. The van der Waals surface area contributed by atoms with Gasteiger partial charge < -0.3 is 15.0 Å². The highest BCUT2D eigenvalue weighted by molar-refractivity contribution is 7.90. The fourth-order valence-corrected chi connectivity index (χ4v) is 2.63. The molecule has 1 aromatic heterocycles. The van der Waals surface area contributed by atoms with E-state index in [4.69, 9.17) is 15.0 Å². The van der Waals surface area contributed by atoms with Gasteiger partial charge in [-0.25, -0.2) is 8.42 Å². The smallest absolute Gasteiger partial charge is 0.230 e. The first-order valence-electron chi connectivity index (χ1n) is 6.34. The van der Waals surface area contributed by atoms with Crippen molar-refractivity contribution in [2.45, 2.75) is 19.1 Å². The molecule has 6 nitrogen and oxygen atoms in total. The highest BCUT2D eigenvalue weighted by atomic mass is 32.2. The zero-order chi connectivity index (χ0) is 15.8. The Balaban J connectivity index is 2.62. The molecule has 0 amide bonds. The Morgan fingerprint density at radius 2 is 2.05 bits per heavy atom. The molecule has 7 heteroatoms. The largest absolute Gasteiger partial charge is 0.496 e. The fourth-order valence-electron chi connectivity index (χ4n) is 2.06. The van der Waals surface area contributed by atoms with Gasteiger partial charge in [0.15, 0.2) is 9.84 Å². The molecule has 114 valence electrons. The van der Waals surface area contributed by atoms with Crippen molar-refractivity contribution < 1.29 is 17.7 Å². The Hall–Kier alpha value is -2.02. The van der Waals surface area contributed by atoms with Crippen LogP contribution in [0.25, 0.3) is 11.1 Å². The SMILES string of the molecule is COc1cc(-c2c(C(C)S(C)(=O)=O)noc2N)ccc1C. The second kappa shape index (κ2) is 5.40. The molecule has 2 rings (SSSR count). The van der Waals surface area contributed by atoms with Gasteiger partial charge in [-0.1, -0.05) is 17.3 Å². The molecule has 2 aromatic rings. The van der Waals surface area contributed by atoms with Crippen LogP contribution in [0, 0.1) is 6.92 Å². The number of aromatic nitrogens is 1. The van der Waals surface area contributed by atoms with Crippen molar-refractivity contribution in [3.8, 4) is 16.9 Å². The summed E-state index contributed by atoms with van der Waals surface area (Å²) in [5, 5.41) is 3.01. The molecule has 1 unspecified atom stereocenters. The standard InChI is InChI=1S/C14H18N2O4S/c1-8-5-6-10(7-11(8)19-3)12-13(16-20-14(12)15)9(2)21(4,17)18/h5-7,9H,15H2,1-4H3. The van der Waals surface area contributed by atoms with Crippen LogP contribution in [0.5, 0.6) is 5.75 Å². The molecule has 1 atom stereocenters. The van der Waals surface area contributed by atoms with E-state index in [1.165, 1.54) is 0 Å². The normalized spacial score (nSPS) is 13.1. The van der Waals surface area contributed by atoms with Gasteiger partial charge in [-0.2, -0.15) is 0 Å². The summed E-state index contributed by atoms with van der Waals surface area (Å²) in [6.07, 6.45) is 1.15. The molecule has 0 spiro atoms. The maximum Gasteiger partial charge on any atom is 0.230 e. The zero-order valence-corrected chi connectivity index (χ0v) is 13.2. The lowest BCUT2D eigenvalue weighted by molar-refractivity contribution is 0.412. The van der Waals surface area contributed by atoms with Crippen molar-refractivity contribution in [2.24, 2.45) is 0 Å². The second-order valence-corrected chi connectivity index (χ2v) is 7.33. The predicted octanol–water partition coefficient (Wildman–Crippen LogP) is 2.35. The fraction of sp³-hybridized carbons (Fsp3) is 0.357. The summed E-state index contributed by atoms with van der Waals surface area (Å²) in [4.78, 5) is 0. The van der Waals surface area contributed by atoms with Crippen LogP contribution in [0.4, 0.5) is 5.88 Å². The maximum atomic E-state index is 11.8. The molecule has 1 aromatic carbocycles. The van der Waals surface area contributed by atoms with Crippen LogP contribution in [0.2, 0.25) is 0 Å². The monoisotopic (exact) mass is 310 g/mol. The number of nitrogens with two attached hydrogens (primary N) is 1. The highest BCUT2D eigenvalue weighted by Gasteiger charge is 2.27. The number of hydrogen-bond acceptors (Lipinski definition) is 6. The van der Waals surface area contributed by atoms with Gasteiger partial charge in [0, 0.05) is 6.26 Å². The number of hydrogen-bond donors (Lipinski definition) is 1. The Labute approximate surface area is 123 Å². The summed E-state index contributed by atoms with van der Waals surface area (Å²) in [5.74, 6) is 0.775. The van der Waals surface area contributed by atoms with Gasteiger partial charge in [0.25, 0.3) is 0 Å². The van der Waals surface area contributed by atoms with Crippen LogP contribution in [-0.2, 0) is 9.84 Å². The molecular formula is C14H18N2O4S. The quantitative estimate of drug-likeness (QED) is 0.931. The minimum Gasteiger partial charge on any atom is -0.496 e. The molecule has 0 saturated carbocycles. The van der Waals surface area contributed by atoms with Gasteiger partial charge in [0.05, 0.1) is 12.7 Å². The molecule has 0 radical (unpaired) electrons. The van der Waals surface area contributed by atoms with E-state index >= 15 is 0 Å². The third-order valence-corrected chi connectivity index (χ3v) is 4.98. The zero-order valence-electron chi connectivity index (χ0n) is 12.4. The molecule has 1 heterocycles. The molecule has 0 bridgehead atoms. The van der Waals surface area contributed by atoms with E-state index < -0.39 is 15.1 Å². The van der Waals surface area contributed by atoms with Crippen molar-refractivity contribution in [2.75, 3.05) is 19.1 Å². The van der Waals surface area contributed by atoms with Crippen molar-refractivity contribution in [3.63, 3.8) is 0 Å². The van der Waals surface area contributed by atoms with Gasteiger partial charge in [0.1, 0.15) is 16.7 Å². The highest BCUT2D eigenvalue weighted by Crippen LogP contribution is 2.37. The van der Waals surface area contributed by atoms with Crippen LogP contribution in [0.1, 0.15) is 23.4 Å². The van der Waals surface area contributed by atoms with Crippen molar-refractivity contribution >= 4 is 15.7 Å².